The molecule has 1 aliphatic carbocycles. The molecule has 0 saturated heterocycles. The standard InChI is InChI=1S/C13H18.C5H8.CH4/c1-3-7-12(8-4-1)11-13-9-5-2-6-10-13;1-4-5(2)3;/h1,3-4,7-8,13H,2,5-6,9-11H2;4H,1-2H2,3H3;1H4. The molecule has 1 saturated carbocycles. The first-order valence-corrected chi connectivity index (χ1v) is 7.04. The topological polar surface area (TPSA) is 0 Å². The molecule has 0 spiro atoms. The van der Waals surface area contributed by atoms with Crippen molar-refractivity contribution >= 4 is 0 Å². The summed E-state index contributed by atoms with van der Waals surface area (Å²) >= 11 is 0. The van der Waals surface area contributed by atoms with Gasteiger partial charge in [0.2, 0.25) is 0 Å². The summed E-state index contributed by atoms with van der Waals surface area (Å²) in [5.74, 6) is 0.969. The Morgan fingerprint density at radius 3 is 2.16 bits per heavy atom. The van der Waals surface area contributed by atoms with Gasteiger partial charge in [-0.05, 0) is 24.8 Å². The van der Waals surface area contributed by atoms with E-state index in [9.17, 15) is 0 Å². The van der Waals surface area contributed by atoms with E-state index >= 15 is 0 Å². The number of rotatable bonds is 3. The molecule has 2 rings (SSSR count). The summed E-state index contributed by atoms with van der Waals surface area (Å²) in [4.78, 5) is 0. The van der Waals surface area contributed by atoms with Crippen LogP contribution in [0.1, 0.15) is 52.0 Å². The van der Waals surface area contributed by atoms with E-state index in [1.54, 1.807) is 6.08 Å². The van der Waals surface area contributed by atoms with Gasteiger partial charge in [0.15, 0.2) is 0 Å². The van der Waals surface area contributed by atoms with Crippen LogP contribution in [0.5, 0.6) is 0 Å². The molecule has 0 bridgehead atoms. The van der Waals surface area contributed by atoms with Crippen LogP contribution in [-0.4, -0.2) is 0 Å². The Bertz CT molecular complexity index is 342. The van der Waals surface area contributed by atoms with Gasteiger partial charge in [0.25, 0.3) is 0 Å². The SMILES string of the molecule is C.C=CC(=C)C.c1ccc(CC2CCCCC2)cc1. The van der Waals surface area contributed by atoms with Gasteiger partial charge < -0.3 is 0 Å². The lowest BCUT2D eigenvalue weighted by Gasteiger charge is -2.21. The molecule has 1 aromatic rings. The van der Waals surface area contributed by atoms with Gasteiger partial charge in [-0.1, -0.05) is 94.7 Å². The van der Waals surface area contributed by atoms with Crippen molar-refractivity contribution in [3.05, 3.63) is 60.7 Å². The molecule has 0 amide bonds. The quantitative estimate of drug-likeness (QED) is 0.567. The number of hydrogen-bond donors (Lipinski definition) is 0. The largest absolute Gasteiger partial charge is 0.0988 e. The summed E-state index contributed by atoms with van der Waals surface area (Å²) in [7, 11) is 0. The Hall–Kier alpha value is -1.30. The van der Waals surface area contributed by atoms with Crippen LogP contribution in [0.15, 0.2) is 55.1 Å². The van der Waals surface area contributed by atoms with E-state index in [0.29, 0.717) is 0 Å². The predicted octanol–water partition coefficient (Wildman–Crippen LogP) is 6.19. The highest BCUT2D eigenvalue weighted by Gasteiger charge is 2.13. The maximum absolute atomic E-state index is 3.56. The first kappa shape index (κ1) is 17.7. The van der Waals surface area contributed by atoms with E-state index in [0.717, 1.165) is 11.5 Å². The average Bonchev–Trinajstić information content (AvgIpc) is 2.42. The summed E-state index contributed by atoms with van der Waals surface area (Å²) in [6.45, 7) is 8.93. The highest BCUT2D eigenvalue weighted by molar-refractivity contribution is 5.15. The highest BCUT2D eigenvalue weighted by atomic mass is 14.2. The molecule has 0 nitrogen and oxygen atoms in total. The van der Waals surface area contributed by atoms with Crippen LogP contribution in [0.3, 0.4) is 0 Å². The van der Waals surface area contributed by atoms with Crippen LogP contribution in [-0.2, 0) is 6.42 Å². The molecular formula is C19H30. The Morgan fingerprint density at radius 1 is 1.16 bits per heavy atom. The molecule has 0 heteroatoms. The van der Waals surface area contributed by atoms with Gasteiger partial charge in [0.1, 0.15) is 0 Å². The monoisotopic (exact) mass is 258 g/mol. The predicted molar refractivity (Wildman–Crippen MR) is 88.5 cm³/mol. The van der Waals surface area contributed by atoms with E-state index < -0.39 is 0 Å². The number of hydrogen-bond acceptors (Lipinski definition) is 0. The van der Waals surface area contributed by atoms with Crippen molar-refractivity contribution in [1.29, 1.82) is 0 Å². The number of benzene rings is 1. The fourth-order valence-corrected chi connectivity index (χ4v) is 2.34. The third-order valence-electron chi connectivity index (χ3n) is 3.44. The average molecular weight is 258 g/mol. The Morgan fingerprint density at radius 2 is 1.68 bits per heavy atom. The van der Waals surface area contributed by atoms with Crippen molar-refractivity contribution < 1.29 is 0 Å². The fourth-order valence-electron chi connectivity index (χ4n) is 2.34. The van der Waals surface area contributed by atoms with Crippen molar-refractivity contribution in [1.82, 2.24) is 0 Å². The normalized spacial score (nSPS) is 14.6. The molecule has 0 aliphatic heterocycles. The second-order valence-electron chi connectivity index (χ2n) is 5.24. The summed E-state index contributed by atoms with van der Waals surface area (Å²) < 4.78 is 0. The summed E-state index contributed by atoms with van der Waals surface area (Å²) in [6, 6.07) is 10.9. The molecule has 0 aromatic heterocycles. The molecule has 1 aliphatic rings. The van der Waals surface area contributed by atoms with Crippen molar-refractivity contribution in [2.24, 2.45) is 5.92 Å². The second-order valence-corrected chi connectivity index (χ2v) is 5.24. The lowest BCUT2D eigenvalue weighted by molar-refractivity contribution is 0.356. The molecule has 1 fully saturated rings. The first-order valence-electron chi connectivity index (χ1n) is 7.04. The fraction of sp³-hybridized carbons (Fsp3) is 0.474. The Labute approximate surface area is 120 Å². The summed E-state index contributed by atoms with van der Waals surface area (Å²) in [5, 5.41) is 0. The minimum atomic E-state index is 0. The van der Waals surface area contributed by atoms with E-state index in [4.69, 9.17) is 0 Å². The van der Waals surface area contributed by atoms with E-state index in [1.165, 1.54) is 44.1 Å². The molecule has 19 heavy (non-hydrogen) atoms. The van der Waals surface area contributed by atoms with Gasteiger partial charge in [-0.25, -0.2) is 0 Å². The highest BCUT2D eigenvalue weighted by Crippen LogP contribution is 2.26. The third kappa shape index (κ3) is 8.42. The lowest BCUT2D eigenvalue weighted by Crippen LogP contribution is -2.08. The van der Waals surface area contributed by atoms with Crippen LogP contribution in [0, 0.1) is 5.92 Å². The summed E-state index contributed by atoms with van der Waals surface area (Å²) in [5.41, 5.74) is 2.54. The molecule has 0 heterocycles. The van der Waals surface area contributed by atoms with Crippen molar-refractivity contribution in [2.45, 2.75) is 52.9 Å². The van der Waals surface area contributed by atoms with Crippen LogP contribution in [0.25, 0.3) is 0 Å². The van der Waals surface area contributed by atoms with Gasteiger partial charge in [-0.2, -0.15) is 0 Å². The molecular weight excluding hydrogens is 228 g/mol. The minimum absolute atomic E-state index is 0. The minimum Gasteiger partial charge on any atom is -0.0988 e. The Kier molecular flexibility index (Phi) is 9.88. The van der Waals surface area contributed by atoms with Crippen molar-refractivity contribution in [3.63, 3.8) is 0 Å². The van der Waals surface area contributed by atoms with Crippen LogP contribution in [0.2, 0.25) is 0 Å². The van der Waals surface area contributed by atoms with Crippen LogP contribution >= 0.6 is 0 Å². The first-order chi connectivity index (χ1) is 8.72. The van der Waals surface area contributed by atoms with E-state index in [2.05, 4.69) is 43.5 Å². The lowest BCUT2D eigenvalue weighted by atomic mass is 9.85. The zero-order valence-corrected chi connectivity index (χ0v) is 11.7. The third-order valence-corrected chi connectivity index (χ3v) is 3.44. The molecule has 0 atom stereocenters. The van der Waals surface area contributed by atoms with Crippen molar-refractivity contribution in [2.75, 3.05) is 0 Å². The zero-order valence-electron chi connectivity index (χ0n) is 11.7. The molecule has 0 radical (unpaired) electrons. The summed E-state index contributed by atoms with van der Waals surface area (Å²) in [6.07, 6.45) is 10.3. The second kappa shape index (κ2) is 10.6. The van der Waals surface area contributed by atoms with Crippen molar-refractivity contribution in [3.8, 4) is 0 Å². The smallest absolute Gasteiger partial charge is 0.0250 e. The van der Waals surface area contributed by atoms with Crippen LogP contribution in [0.4, 0.5) is 0 Å². The number of allylic oxidation sites excluding steroid dienone is 2. The van der Waals surface area contributed by atoms with Gasteiger partial charge in [0, 0.05) is 0 Å². The Balaban J connectivity index is 0.000000471. The van der Waals surface area contributed by atoms with E-state index in [1.807, 2.05) is 6.92 Å². The molecule has 1 aromatic carbocycles. The van der Waals surface area contributed by atoms with Crippen LogP contribution < -0.4 is 0 Å². The van der Waals surface area contributed by atoms with E-state index in [-0.39, 0.29) is 7.43 Å². The maximum atomic E-state index is 3.56. The molecule has 106 valence electrons. The van der Waals surface area contributed by atoms with Gasteiger partial charge in [-0.15, -0.1) is 0 Å². The maximum Gasteiger partial charge on any atom is -0.0250 e. The molecule has 0 N–H and O–H groups in total. The molecule has 0 unspecified atom stereocenters. The van der Waals surface area contributed by atoms with Gasteiger partial charge in [0.05, 0.1) is 0 Å². The van der Waals surface area contributed by atoms with Gasteiger partial charge in [-0.3, -0.25) is 0 Å². The van der Waals surface area contributed by atoms with Gasteiger partial charge >= 0.3 is 0 Å². The zero-order chi connectivity index (χ0) is 13.2.